The van der Waals surface area contributed by atoms with Gasteiger partial charge in [0, 0.05) is 5.57 Å². The maximum atomic E-state index is 12.0. The molecule has 0 aromatic carbocycles. The van der Waals surface area contributed by atoms with Crippen molar-refractivity contribution in [2.75, 3.05) is 7.11 Å². The second-order valence-electron chi connectivity index (χ2n) is 8.88. The first-order chi connectivity index (χ1) is 12.6. The molecule has 0 bridgehead atoms. The van der Waals surface area contributed by atoms with Crippen LogP contribution in [0, 0.1) is 5.92 Å². The summed E-state index contributed by atoms with van der Waals surface area (Å²) >= 11 is 0. The first-order valence-electron chi connectivity index (χ1n) is 9.78. The third kappa shape index (κ3) is 4.45. The van der Waals surface area contributed by atoms with Crippen molar-refractivity contribution in [2.45, 2.75) is 88.3 Å². The van der Waals surface area contributed by atoms with Crippen molar-refractivity contribution < 1.29 is 29.1 Å². The average molecular weight is 380 g/mol. The van der Waals surface area contributed by atoms with E-state index >= 15 is 0 Å². The number of rotatable bonds is 3. The lowest BCUT2D eigenvalue weighted by molar-refractivity contribution is -0.304. The molecule has 0 unspecified atom stereocenters. The molecule has 1 aliphatic carbocycles. The summed E-state index contributed by atoms with van der Waals surface area (Å²) in [5, 5.41) is 9.35. The molecular weight excluding hydrogens is 348 g/mol. The lowest BCUT2D eigenvalue weighted by Crippen LogP contribution is -2.27. The van der Waals surface area contributed by atoms with Gasteiger partial charge in [-0.15, -0.1) is 0 Å². The Morgan fingerprint density at radius 1 is 1.15 bits per heavy atom. The lowest BCUT2D eigenvalue weighted by Gasteiger charge is -2.23. The second kappa shape index (κ2) is 7.32. The average Bonchev–Trinajstić information content (AvgIpc) is 3.50. The van der Waals surface area contributed by atoms with E-state index in [0.29, 0.717) is 12.0 Å². The van der Waals surface area contributed by atoms with Gasteiger partial charge in [0.2, 0.25) is 0 Å². The van der Waals surface area contributed by atoms with Crippen molar-refractivity contribution in [3.05, 3.63) is 24.3 Å². The fourth-order valence-corrected chi connectivity index (χ4v) is 4.21. The van der Waals surface area contributed by atoms with Gasteiger partial charge in [-0.25, -0.2) is 9.68 Å². The Labute approximate surface area is 161 Å². The summed E-state index contributed by atoms with van der Waals surface area (Å²) in [7, 11) is 1.39. The summed E-state index contributed by atoms with van der Waals surface area (Å²) in [5.74, 6) is -0.332. The molecule has 0 radical (unpaired) electrons. The zero-order valence-electron chi connectivity index (χ0n) is 16.8. The highest BCUT2D eigenvalue weighted by atomic mass is 17.1. The Kier molecular flexibility index (Phi) is 5.56. The Bertz CT molecular complexity index is 630. The van der Waals surface area contributed by atoms with E-state index < -0.39 is 5.60 Å². The van der Waals surface area contributed by atoms with Gasteiger partial charge in [-0.1, -0.05) is 18.7 Å². The van der Waals surface area contributed by atoms with E-state index in [1.807, 2.05) is 19.1 Å². The van der Waals surface area contributed by atoms with Crippen LogP contribution in [0.5, 0.6) is 0 Å². The van der Waals surface area contributed by atoms with E-state index in [9.17, 15) is 10.1 Å². The van der Waals surface area contributed by atoms with Crippen molar-refractivity contribution in [1.29, 1.82) is 0 Å². The van der Waals surface area contributed by atoms with Gasteiger partial charge in [-0.05, 0) is 65.2 Å². The van der Waals surface area contributed by atoms with Gasteiger partial charge >= 0.3 is 5.97 Å². The summed E-state index contributed by atoms with van der Waals surface area (Å²) in [4.78, 5) is 16.8. The van der Waals surface area contributed by atoms with Crippen molar-refractivity contribution in [2.24, 2.45) is 5.92 Å². The monoisotopic (exact) mass is 380 g/mol. The number of carbonyl (C=O) groups is 1. The molecule has 2 saturated heterocycles. The van der Waals surface area contributed by atoms with Gasteiger partial charge in [0.1, 0.15) is 5.60 Å². The number of hydrogen-bond acceptors (Lipinski definition) is 6. The molecule has 0 aromatic rings. The Balaban J connectivity index is 1.76. The standard InChI is InChI=1S/C21H32O6/c1-14(18(22)24-5)15-7-12-21(4)16(25-21)8-11-19(2,27-23)9-6-10-20(3)17(13-15)26-20/h6,9,15-17,23H,1,7-8,10-13H2,2-5H3/b9-6+/t15-,16+,17-,19-,20+,21+/m1/s1. The smallest absolute Gasteiger partial charge is 0.333 e. The number of esters is 1. The van der Waals surface area contributed by atoms with Crippen LogP contribution in [0.1, 0.15) is 59.3 Å². The zero-order chi connectivity index (χ0) is 19.9. The Hall–Kier alpha value is -1.21. The van der Waals surface area contributed by atoms with Gasteiger partial charge in [0.15, 0.2) is 0 Å². The van der Waals surface area contributed by atoms with Gasteiger partial charge in [-0.3, -0.25) is 5.26 Å². The molecule has 0 amide bonds. The molecule has 6 atom stereocenters. The summed E-state index contributed by atoms with van der Waals surface area (Å²) in [6.07, 6.45) is 8.72. The number of epoxide rings is 2. The molecule has 6 heteroatoms. The predicted molar refractivity (Wildman–Crippen MR) is 100 cm³/mol. The highest BCUT2D eigenvalue weighted by Gasteiger charge is 2.54. The summed E-state index contributed by atoms with van der Waals surface area (Å²) < 4.78 is 16.8. The molecular formula is C21H32O6. The minimum atomic E-state index is -0.723. The first-order valence-corrected chi connectivity index (χ1v) is 9.78. The normalized spacial score (nSPS) is 45.6. The largest absolute Gasteiger partial charge is 0.466 e. The van der Waals surface area contributed by atoms with Crippen LogP contribution in [0.2, 0.25) is 0 Å². The topological polar surface area (TPSA) is 80.8 Å². The van der Waals surface area contributed by atoms with Gasteiger partial charge in [-0.2, -0.15) is 0 Å². The molecule has 0 spiro atoms. The predicted octanol–water partition coefficient (Wildman–Crippen LogP) is 3.81. The summed E-state index contributed by atoms with van der Waals surface area (Å²) in [6, 6.07) is 0. The van der Waals surface area contributed by atoms with Crippen LogP contribution < -0.4 is 0 Å². The molecule has 27 heavy (non-hydrogen) atoms. The van der Waals surface area contributed by atoms with E-state index in [1.54, 1.807) is 0 Å². The van der Waals surface area contributed by atoms with Crippen molar-refractivity contribution in [1.82, 2.24) is 0 Å². The highest BCUT2D eigenvalue weighted by Crippen LogP contribution is 2.49. The van der Waals surface area contributed by atoms with E-state index in [4.69, 9.17) is 19.1 Å². The molecule has 1 N–H and O–H groups in total. The molecule has 0 saturated carbocycles. The molecule has 3 rings (SSSR count). The molecule has 152 valence electrons. The number of hydrogen-bond donors (Lipinski definition) is 1. The van der Waals surface area contributed by atoms with E-state index in [-0.39, 0.29) is 35.3 Å². The van der Waals surface area contributed by atoms with Crippen LogP contribution in [0.25, 0.3) is 0 Å². The van der Waals surface area contributed by atoms with Crippen molar-refractivity contribution >= 4 is 5.97 Å². The maximum Gasteiger partial charge on any atom is 0.333 e. The highest BCUT2D eigenvalue weighted by molar-refractivity contribution is 5.88. The Morgan fingerprint density at radius 3 is 2.52 bits per heavy atom. The van der Waals surface area contributed by atoms with E-state index in [0.717, 1.165) is 32.1 Å². The number of ether oxygens (including phenoxy) is 3. The summed E-state index contributed by atoms with van der Waals surface area (Å²) in [6.45, 7) is 10.0. The van der Waals surface area contributed by atoms with Crippen molar-refractivity contribution in [3.63, 3.8) is 0 Å². The van der Waals surface area contributed by atoms with Crippen molar-refractivity contribution in [3.8, 4) is 0 Å². The van der Waals surface area contributed by atoms with Gasteiger partial charge < -0.3 is 14.2 Å². The van der Waals surface area contributed by atoms with Crippen LogP contribution in [-0.4, -0.2) is 47.3 Å². The first kappa shape index (κ1) is 20.5. The number of methoxy groups -OCH3 is 1. The molecule has 3 aliphatic rings. The molecule has 2 heterocycles. The molecule has 0 aromatic heterocycles. The quantitative estimate of drug-likeness (QED) is 0.200. The van der Waals surface area contributed by atoms with Gasteiger partial charge in [0.05, 0.1) is 30.5 Å². The fraction of sp³-hybridized carbons (Fsp3) is 0.762. The third-order valence-electron chi connectivity index (χ3n) is 6.60. The maximum absolute atomic E-state index is 12.0. The molecule has 2 aliphatic heterocycles. The number of carbonyl (C=O) groups excluding carboxylic acids is 1. The van der Waals surface area contributed by atoms with Gasteiger partial charge in [0.25, 0.3) is 0 Å². The van der Waals surface area contributed by atoms with Crippen LogP contribution in [0.15, 0.2) is 24.3 Å². The van der Waals surface area contributed by atoms with Crippen LogP contribution in [0.4, 0.5) is 0 Å². The van der Waals surface area contributed by atoms with E-state index in [1.165, 1.54) is 7.11 Å². The second-order valence-corrected chi connectivity index (χ2v) is 8.88. The molecule has 6 nitrogen and oxygen atoms in total. The fourth-order valence-electron chi connectivity index (χ4n) is 4.21. The van der Waals surface area contributed by atoms with E-state index in [2.05, 4.69) is 20.4 Å². The van der Waals surface area contributed by atoms with Crippen LogP contribution >= 0.6 is 0 Å². The third-order valence-corrected chi connectivity index (χ3v) is 6.60. The van der Waals surface area contributed by atoms with Crippen LogP contribution in [-0.2, 0) is 23.9 Å². The SMILES string of the molecule is C=C(C(=O)OC)[C@@H]1CC[C@]2(C)O[C@H]2CC[C@](C)(OO)/C=C/C[C@]2(C)O[C@@H]2C1. The summed E-state index contributed by atoms with van der Waals surface area (Å²) in [5.41, 5.74) is -0.666. The Morgan fingerprint density at radius 2 is 1.85 bits per heavy atom. The minimum absolute atomic E-state index is 0.0175. The molecule has 2 fully saturated rings. The zero-order valence-corrected chi connectivity index (χ0v) is 16.8. The number of fused-ring (bicyclic) bond motifs is 2. The van der Waals surface area contributed by atoms with Crippen LogP contribution in [0.3, 0.4) is 0 Å². The minimum Gasteiger partial charge on any atom is -0.466 e. The lowest BCUT2D eigenvalue weighted by atomic mass is 9.83.